The number of ether oxygens (including phenoxy) is 3. The Kier molecular flexibility index (Phi) is 4.39. The fourth-order valence-corrected chi connectivity index (χ4v) is 2.14. The van der Waals surface area contributed by atoms with Crippen LogP contribution in [0.5, 0.6) is 17.2 Å². The number of methoxy groups -OCH3 is 3. The van der Waals surface area contributed by atoms with E-state index in [0.717, 1.165) is 11.3 Å². The first-order valence-electron chi connectivity index (χ1n) is 6.07. The second-order valence-corrected chi connectivity index (χ2v) is 4.70. The van der Waals surface area contributed by atoms with Gasteiger partial charge in [0.2, 0.25) is 5.75 Å². The van der Waals surface area contributed by atoms with Gasteiger partial charge in [-0.15, -0.1) is 0 Å². The maximum atomic E-state index is 6.01. The lowest BCUT2D eigenvalue weighted by molar-refractivity contribution is 0.323. The number of aryl methyl sites for hydroxylation is 1. The number of aromatic nitrogens is 2. The lowest BCUT2D eigenvalue weighted by Gasteiger charge is -2.14. The van der Waals surface area contributed by atoms with E-state index in [1.807, 2.05) is 19.1 Å². The molecule has 1 aromatic carbocycles. The molecule has 0 unspecified atom stereocenters. The quantitative estimate of drug-likeness (QED) is 0.851. The number of rotatable bonds is 5. The fourth-order valence-electron chi connectivity index (χ4n) is 1.99. The van der Waals surface area contributed by atoms with Crippen LogP contribution in [0.25, 0.3) is 0 Å². The normalized spacial score (nSPS) is 10.4. The van der Waals surface area contributed by atoms with Gasteiger partial charge in [0.05, 0.1) is 38.6 Å². The van der Waals surface area contributed by atoms with Crippen LogP contribution in [-0.4, -0.2) is 31.1 Å². The molecule has 1 heterocycles. The summed E-state index contributed by atoms with van der Waals surface area (Å²) < 4.78 is 17.7. The molecule has 0 radical (unpaired) electrons. The predicted molar refractivity (Wildman–Crippen MR) is 77.2 cm³/mol. The van der Waals surface area contributed by atoms with Gasteiger partial charge in [0.25, 0.3) is 0 Å². The van der Waals surface area contributed by atoms with Crippen LogP contribution in [0, 0.1) is 6.92 Å². The van der Waals surface area contributed by atoms with Gasteiger partial charge in [-0.25, -0.2) is 0 Å². The maximum Gasteiger partial charge on any atom is 0.203 e. The Morgan fingerprint density at radius 1 is 1.10 bits per heavy atom. The van der Waals surface area contributed by atoms with Crippen molar-refractivity contribution in [2.24, 2.45) is 0 Å². The molecule has 2 aromatic rings. The Hall–Kier alpha value is -1.88. The molecule has 0 atom stereocenters. The van der Waals surface area contributed by atoms with Crippen molar-refractivity contribution in [3.63, 3.8) is 0 Å². The molecular weight excluding hydrogens is 280 g/mol. The van der Waals surface area contributed by atoms with E-state index in [0.29, 0.717) is 28.8 Å². The average Bonchev–Trinajstić information content (AvgIpc) is 2.75. The predicted octanol–water partition coefficient (Wildman–Crippen LogP) is 2.92. The van der Waals surface area contributed by atoms with Gasteiger partial charge in [-0.05, 0) is 24.6 Å². The van der Waals surface area contributed by atoms with Gasteiger partial charge >= 0.3 is 0 Å². The van der Waals surface area contributed by atoms with E-state index in [-0.39, 0.29) is 0 Å². The van der Waals surface area contributed by atoms with Crippen LogP contribution in [0.15, 0.2) is 18.3 Å². The fraction of sp³-hybridized carbons (Fsp3) is 0.357. The zero-order valence-electron chi connectivity index (χ0n) is 11.9. The second-order valence-electron chi connectivity index (χ2n) is 4.29. The Balaban J connectivity index is 2.36. The SMILES string of the molecule is COc1cc(Cn2cc(Cl)c(C)n2)cc(OC)c1OC. The summed E-state index contributed by atoms with van der Waals surface area (Å²) in [7, 11) is 4.77. The standard InChI is InChI=1S/C14H17ClN2O3/c1-9-11(15)8-17(16-9)7-10-5-12(18-2)14(20-4)13(6-10)19-3/h5-6,8H,7H2,1-4H3. The summed E-state index contributed by atoms with van der Waals surface area (Å²) >= 11 is 6.01. The zero-order chi connectivity index (χ0) is 14.7. The van der Waals surface area contributed by atoms with Crippen molar-refractivity contribution in [1.82, 2.24) is 9.78 Å². The highest BCUT2D eigenvalue weighted by molar-refractivity contribution is 6.31. The molecule has 0 spiro atoms. The molecule has 0 N–H and O–H groups in total. The van der Waals surface area contributed by atoms with E-state index >= 15 is 0 Å². The summed E-state index contributed by atoms with van der Waals surface area (Å²) in [6.07, 6.45) is 1.79. The third-order valence-corrected chi connectivity index (χ3v) is 3.33. The average molecular weight is 297 g/mol. The topological polar surface area (TPSA) is 45.5 Å². The van der Waals surface area contributed by atoms with E-state index < -0.39 is 0 Å². The van der Waals surface area contributed by atoms with E-state index in [9.17, 15) is 0 Å². The zero-order valence-corrected chi connectivity index (χ0v) is 12.7. The van der Waals surface area contributed by atoms with Gasteiger partial charge in [0, 0.05) is 6.20 Å². The first-order chi connectivity index (χ1) is 9.58. The monoisotopic (exact) mass is 296 g/mol. The highest BCUT2D eigenvalue weighted by Gasteiger charge is 2.13. The number of hydrogen-bond donors (Lipinski definition) is 0. The van der Waals surface area contributed by atoms with Crippen LogP contribution < -0.4 is 14.2 Å². The number of benzene rings is 1. The molecular formula is C14H17ClN2O3. The molecule has 20 heavy (non-hydrogen) atoms. The van der Waals surface area contributed by atoms with Gasteiger partial charge in [0.1, 0.15) is 0 Å². The molecule has 1 aromatic heterocycles. The minimum absolute atomic E-state index is 0.574. The summed E-state index contributed by atoms with van der Waals surface area (Å²) in [6, 6.07) is 3.79. The summed E-state index contributed by atoms with van der Waals surface area (Å²) in [5.74, 6) is 1.82. The van der Waals surface area contributed by atoms with Crippen LogP contribution in [0.4, 0.5) is 0 Å². The van der Waals surface area contributed by atoms with Crippen molar-refractivity contribution in [2.75, 3.05) is 21.3 Å². The van der Waals surface area contributed by atoms with Crippen molar-refractivity contribution in [3.8, 4) is 17.2 Å². The van der Waals surface area contributed by atoms with Crippen molar-refractivity contribution in [3.05, 3.63) is 34.6 Å². The van der Waals surface area contributed by atoms with Crippen LogP contribution >= 0.6 is 11.6 Å². The Morgan fingerprint density at radius 3 is 2.10 bits per heavy atom. The van der Waals surface area contributed by atoms with Gasteiger partial charge < -0.3 is 14.2 Å². The first-order valence-corrected chi connectivity index (χ1v) is 6.45. The van der Waals surface area contributed by atoms with Crippen molar-refractivity contribution in [1.29, 1.82) is 0 Å². The van der Waals surface area contributed by atoms with Crippen LogP contribution in [0.1, 0.15) is 11.3 Å². The number of halogens is 1. The third-order valence-electron chi connectivity index (χ3n) is 2.96. The third kappa shape index (κ3) is 2.82. The van der Waals surface area contributed by atoms with Crippen molar-refractivity contribution >= 4 is 11.6 Å². The highest BCUT2D eigenvalue weighted by Crippen LogP contribution is 2.38. The largest absolute Gasteiger partial charge is 0.493 e. The van der Waals surface area contributed by atoms with Gasteiger partial charge in [-0.1, -0.05) is 11.6 Å². The molecule has 0 amide bonds. The minimum atomic E-state index is 0.574. The molecule has 0 saturated carbocycles. The lowest BCUT2D eigenvalue weighted by atomic mass is 10.2. The number of nitrogens with zero attached hydrogens (tertiary/aromatic N) is 2. The van der Waals surface area contributed by atoms with E-state index in [1.54, 1.807) is 32.2 Å². The minimum Gasteiger partial charge on any atom is -0.493 e. The summed E-state index contributed by atoms with van der Waals surface area (Å²) in [5.41, 5.74) is 1.79. The van der Waals surface area contributed by atoms with Gasteiger partial charge in [-0.2, -0.15) is 5.10 Å². The molecule has 6 heteroatoms. The molecule has 0 fully saturated rings. The molecule has 0 aliphatic heterocycles. The molecule has 0 saturated heterocycles. The maximum absolute atomic E-state index is 6.01. The van der Waals surface area contributed by atoms with Crippen LogP contribution in [-0.2, 0) is 6.54 Å². The van der Waals surface area contributed by atoms with Crippen LogP contribution in [0.3, 0.4) is 0 Å². The molecule has 0 aliphatic carbocycles. The Bertz CT molecular complexity index is 566. The summed E-state index contributed by atoms with van der Waals surface area (Å²) in [6.45, 7) is 2.44. The summed E-state index contributed by atoms with van der Waals surface area (Å²) in [5, 5.41) is 4.98. The van der Waals surface area contributed by atoms with E-state index in [4.69, 9.17) is 25.8 Å². The molecule has 108 valence electrons. The van der Waals surface area contributed by atoms with Gasteiger partial charge in [-0.3, -0.25) is 4.68 Å². The van der Waals surface area contributed by atoms with Crippen molar-refractivity contribution < 1.29 is 14.2 Å². The molecule has 5 nitrogen and oxygen atoms in total. The smallest absolute Gasteiger partial charge is 0.203 e. The Labute approximate surface area is 123 Å². The van der Waals surface area contributed by atoms with Gasteiger partial charge in [0.15, 0.2) is 11.5 Å². The Morgan fingerprint density at radius 2 is 1.70 bits per heavy atom. The van der Waals surface area contributed by atoms with Crippen LogP contribution in [0.2, 0.25) is 5.02 Å². The summed E-state index contributed by atoms with van der Waals surface area (Å²) in [4.78, 5) is 0. The lowest BCUT2D eigenvalue weighted by Crippen LogP contribution is -2.03. The molecule has 0 aliphatic rings. The molecule has 0 bridgehead atoms. The number of hydrogen-bond acceptors (Lipinski definition) is 4. The first kappa shape index (κ1) is 14.5. The highest BCUT2D eigenvalue weighted by atomic mass is 35.5. The molecule has 2 rings (SSSR count). The van der Waals surface area contributed by atoms with E-state index in [1.165, 1.54) is 0 Å². The van der Waals surface area contributed by atoms with Crippen molar-refractivity contribution in [2.45, 2.75) is 13.5 Å². The van der Waals surface area contributed by atoms with E-state index in [2.05, 4.69) is 5.10 Å². The second kappa shape index (κ2) is 6.05.